The molecule has 0 radical (unpaired) electrons. The van der Waals surface area contributed by atoms with Crippen LogP contribution in [0.1, 0.15) is 94.6 Å². The highest BCUT2D eigenvalue weighted by molar-refractivity contribution is 5.25. The highest BCUT2D eigenvalue weighted by Crippen LogP contribution is 2.44. The molecule has 2 saturated carbocycles. The van der Waals surface area contributed by atoms with Crippen LogP contribution in [-0.4, -0.2) is 6.61 Å². The predicted molar refractivity (Wildman–Crippen MR) is 125 cm³/mol. The molecule has 0 heterocycles. The molecule has 0 aromatic heterocycles. The van der Waals surface area contributed by atoms with E-state index in [1.54, 1.807) is 5.56 Å². The van der Waals surface area contributed by atoms with Gasteiger partial charge in [0.1, 0.15) is 0 Å². The number of ether oxygens (including phenoxy) is 1. The smallest absolute Gasteiger partial charge is 0.0717 e. The van der Waals surface area contributed by atoms with E-state index in [-0.39, 0.29) is 0 Å². The Bertz CT molecular complexity index is 598. The van der Waals surface area contributed by atoms with Crippen molar-refractivity contribution >= 4 is 0 Å². The van der Waals surface area contributed by atoms with E-state index in [4.69, 9.17) is 4.74 Å². The lowest BCUT2D eigenvalue weighted by Gasteiger charge is -2.38. The molecule has 2 fully saturated rings. The molecule has 2 aliphatic carbocycles. The Morgan fingerprint density at radius 3 is 2.17 bits per heavy atom. The Kier molecular flexibility index (Phi) is 9.54. The second-order valence-corrected chi connectivity index (χ2v) is 9.41. The van der Waals surface area contributed by atoms with Gasteiger partial charge in [0.15, 0.2) is 0 Å². The van der Waals surface area contributed by atoms with E-state index in [0.29, 0.717) is 0 Å². The molecule has 1 aromatic carbocycles. The zero-order valence-electron chi connectivity index (χ0n) is 18.7. The fourth-order valence-electron chi connectivity index (χ4n) is 5.62. The van der Waals surface area contributed by atoms with E-state index in [0.717, 1.165) is 43.3 Å². The van der Waals surface area contributed by atoms with Gasteiger partial charge in [-0.15, -0.1) is 6.58 Å². The molecule has 0 bridgehead atoms. The van der Waals surface area contributed by atoms with Crippen molar-refractivity contribution in [2.24, 2.45) is 17.8 Å². The van der Waals surface area contributed by atoms with Gasteiger partial charge in [0, 0.05) is 0 Å². The summed E-state index contributed by atoms with van der Waals surface area (Å²) in [5, 5.41) is 0. The SMILES string of the molecule is C=CCCC1CCC(C2CCC(c3ccc(COCC/C=C/C)cc3)CC2)CC1. The monoisotopic (exact) mass is 394 g/mol. The third-order valence-electron chi connectivity index (χ3n) is 7.49. The number of hydrogen-bond acceptors (Lipinski definition) is 1. The predicted octanol–water partition coefficient (Wildman–Crippen LogP) is 8.22. The molecule has 29 heavy (non-hydrogen) atoms. The molecule has 2 aliphatic rings. The fraction of sp³-hybridized carbons (Fsp3) is 0.643. The van der Waals surface area contributed by atoms with Crippen LogP contribution in [0.2, 0.25) is 0 Å². The highest BCUT2D eigenvalue weighted by Gasteiger charge is 2.31. The lowest BCUT2D eigenvalue weighted by atomic mass is 9.68. The molecule has 160 valence electrons. The Morgan fingerprint density at radius 1 is 0.897 bits per heavy atom. The summed E-state index contributed by atoms with van der Waals surface area (Å²) in [6.45, 7) is 7.49. The Hall–Kier alpha value is -1.34. The summed E-state index contributed by atoms with van der Waals surface area (Å²) in [5.41, 5.74) is 2.85. The van der Waals surface area contributed by atoms with Crippen molar-refractivity contribution in [2.75, 3.05) is 6.61 Å². The quantitative estimate of drug-likeness (QED) is 0.287. The van der Waals surface area contributed by atoms with Crippen molar-refractivity contribution < 1.29 is 4.74 Å². The molecule has 0 saturated heterocycles. The zero-order chi connectivity index (χ0) is 20.3. The van der Waals surface area contributed by atoms with E-state index in [9.17, 15) is 0 Å². The minimum atomic E-state index is 0.736. The van der Waals surface area contributed by atoms with E-state index >= 15 is 0 Å². The number of rotatable bonds is 10. The molecule has 0 aliphatic heterocycles. The van der Waals surface area contributed by atoms with Crippen LogP contribution in [0, 0.1) is 17.8 Å². The highest BCUT2D eigenvalue weighted by atomic mass is 16.5. The molecule has 3 rings (SSSR count). The summed E-state index contributed by atoms with van der Waals surface area (Å²) in [6.07, 6.45) is 21.5. The van der Waals surface area contributed by atoms with Crippen LogP contribution in [0.15, 0.2) is 49.1 Å². The van der Waals surface area contributed by atoms with Crippen LogP contribution in [-0.2, 0) is 11.3 Å². The third-order valence-corrected chi connectivity index (χ3v) is 7.49. The summed E-state index contributed by atoms with van der Waals surface area (Å²) in [4.78, 5) is 0. The van der Waals surface area contributed by atoms with Crippen LogP contribution >= 0.6 is 0 Å². The molecule has 1 aromatic rings. The first-order chi connectivity index (χ1) is 14.3. The maximum Gasteiger partial charge on any atom is 0.0717 e. The van der Waals surface area contributed by atoms with E-state index in [2.05, 4.69) is 56.0 Å². The van der Waals surface area contributed by atoms with Crippen LogP contribution in [0.5, 0.6) is 0 Å². The maximum absolute atomic E-state index is 5.76. The van der Waals surface area contributed by atoms with Gasteiger partial charge in [-0.3, -0.25) is 0 Å². The van der Waals surface area contributed by atoms with Gasteiger partial charge in [-0.2, -0.15) is 0 Å². The van der Waals surface area contributed by atoms with Gasteiger partial charge in [0.2, 0.25) is 0 Å². The number of allylic oxidation sites excluding steroid dienone is 2. The average molecular weight is 395 g/mol. The normalized spacial score (nSPS) is 27.9. The summed E-state index contributed by atoms with van der Waals surface area (Å²) in [6, 6.07) is 9.28. The Labute approximate surface area is 179 Å². The van der Waals surface area contributed by atoms with Gasteiger partial charge >= 0.3 is 0 Å². The van der Waals surface area contributed by atoms with Crippen molar-refractivity contribution in [3.8, 4) is 0 Å². The van der Waals surface area contributed by atoms with E-state index in [1.807, 2.05) is 0 Å². The number of hydrogen-bond donors (Lipinski definition) is 0. The second kappa shape index (κ2) is 12.4. The molecule has 0 amide bonds. The molecule has 0 atom stereocenters. The van der Waals surface area contributed by atoms with Gasteiger partial charge in [0.25, 0.3) is 0 Å². The molecule has 1 nitrogen and oxygen atoms in total. The van der Waals surface area contributed by atoms with Gasteiger partial charge in [-0.25, -0.2) is 0 Å². The molecule has 0 unspecified atom stereocenters. The summed E-state index contributed by atoms with van der Waals surface area (Å²) < 4.78 is 5.76. The first-order valence-corrected chi connectivity index (χ1v) is 12.2. The summed E-state index contributed by atoms with van der Waals surface area (Å²) >= 11 is 0. The van der Waals surface area contributed by atoms with Crippen LogP contribution in [0.3, 0.4) is 0 Å². The van der Waals surface area contributed by atoms with Crippen LogP contribution in [0.25, 0.3) is 0 Å². The molecular weight excluding hydrogens is 352 g/mol. The van der Waals surface area contributed by atoms with Gasteiger partial charge < -0.3 is 4.74 Å². The average Bonchev–Trinajstić information content (AvgIpc) is 2.78. The standard InChI is InChI=1S/C28H42O/c1-3-5-7-21-29-22-24-11-15-26(16-12-24)28-19-17-27(18-20-28)25-13-9-23(10-14-25)8-6-4-2/h3-5,11-12,15-16,23,25,27-28H,2,6-10,13-14,17-22H2,1H3/b5-3+. The van der Waals surface area contributed by atoms with Gasteiger partial charge in [0.05, 0.1) is 13.2 Å². The topological polar surface area (TPSA) is 9.23 Å². The van der Waals surface area contributed by atoms with Crippen molar-refractivity contribution in [2.45, 2.75) is 90.1 Å². The third kappa shape index (κ3) is 7.14. The van der Waals surface area contributed by atoms with Gasteiger partial charge in [-0.05, 0) is 99.5 Å². The minimum Gasteiger partial charge on any atom is -0.376 e. The first-order valence-electron chi connectivity index (χ1n) is 12.2. The largest absolute Gasteiger partial charge is 0.376 e. The lowest BCUT2D eigenvalue weighted by molar-refractivity contribution is 0.125. The van der Waals surface area contributed by atoms with Crippen molar-refractivity contribution in [3.05, 3.63) is 60.2 Å². The maximum atomic E-state index is 5.76. The number of benzene rings is 1. The van der Waals surface area contributed by atoms with Crippen molar-refractivity contribution in [1.29, 1.82) is 0 Å². The molecule has 0 spiro atoms. The molecule has 1 heteroatoms. The Balaban J connectivity index is 1.37. The zero-order valence-corrected chi connectivity index (χ0v) is 18.7. The van der Waals surface area contributed by atoms with Crippen molar-refractivity contribution in [3.63, 3.8) is 0 Å². The lowest BCUT2D eigenvalue weighted by Crippen LogP contribution is -2.25. The molecule has 0 N–H and O–H groups in total. The van der Waals surface area contributed by atoms with Crippen molar-refractivity contribution in [1.82, 2.24) is 0 Å². The fourth-order valence-corrected chi connectivity index (χ4v) is 5.62. The second-order valence-electron chi connectivity index (χ2n) is 9.41. The minimum absolute atomic E-state index is 0.736. The van der Waals surface area contributed by atoms with Gasteiger partial charge in [-0.1, -0.05) is 55.3 Å². The van der Waals surface area contributed by atoms with Crippen LogP contribution in [0.4, 0.5) is 0 Å². The van der Waals surface area contributed by atoms with E-state index < -0.39 is 0 Å². The molecular formula is C28H42O. The van der Waals surface area contributed by atoms with E-state index in [1.165, 1.54) is 69.8 Å². The summed E-state index contributed by atoms with van der Waals surface area (Å²) in [7, 11) is 0. The Morgan fingerprint density at radius 2 is 1.55 bits per heavy atom. The summed E-state index contributed by atoms with van der Waals surface area (Å²) in [5.74, 6) is 3.76. The van der Waals surface area contributed by atoms with Crippen LogP contribution < -0.4 is 0 Å². The first kappa shape index (κ1) is 22.3.